The molecular formula is C20H33IN4O2. The molecular weight excluding hydrogens is 455 g/mol. The molecule has 2 aliphatic rings. The van der Waals surface area contributed by atoms with E-state index in [0.29, 0.717) is 12.5 Å². The average Bonchev–Trinajstić information content (AvgIpc) is 3.14. The molecule has 0 aliphatic carbocycles. The van der Waals surface area contributed by atoms with Crippen molar-refractivity contribution in [1.29, 1.82) is 0 Å². The summed E-state index contributed by atoms with van der Waals surface area (Å²) in [6.45, 7) is 10.8. The largest absolute Gasteiger partial charge is 0.392 e. The summed E-state index contributed by atoms with van der Waals surface area (Å²) in [5.41, 5.74) is 2.05. The Labute approximate surface area is 180 Å². The van der Waals surface area contributed by atoms with Crippen LogP contribution < -0.4 is 5.32 Å². The van der Waals surface area contributed by atoms with Crippen LogP contribution in [-0.4, -0.2) is 73.3 Å². The highest BCUT2D eigenvalue weighted by atomic mass is 127. The van der Waals surface area contributed by atoms with Gasteiger partial charge in [-0.25, -0.2) is 4.99 Å². The Hall–Kier alpha value is -0.900. The summed E-state index contributed by atoms with van der Waals surface area (Å²) in [6, 6.07) is 7.97. The van der Waals surface area contributed by atoms with Gasteiger partial charge in [-0.1, -0.05) is 24.3 Å². The van der Waals surface area contributed by atoms with Crippen molar-refractivity contribution in [2.24, 2.45) is 10.9 Å². The molecule has 0 spiro atoms. The summed E-state index contributed by atoms with van der Waals surface area (Å²) >= 11 is 0. The van der Waals surface area contributed by atoms with E-state index >= 15 is 0 Å². The van der Waals surface area contributed by atoms with Gasteiger partial charge < -0.3 is 20.1 Å². The molecule has 0 radical (unpaired) electrons. The lowest BCUT2D eigenvalue weighted by Gasteiger charge is -2.29. The zero-order chi connectivity index (χ0) is 18.2. The Morgan fingerprint density at radius 2 is 1.96 bits per heavy atom. The highest BCUT2D eigenvalue weighted by Gasteiger charge is 2.27. The third kappa shape index (κ3) is 6.58. The van der Waals surface area contributed by atoms with E-state index in [0.717, 1.165) is 69.6 Å². The van der Waals surface area contributed by atoms with Gasteiger partial charge in [0, 0.05) is 39.3 Å². The average molecular weight is 488 g/mol. The predicted molar refractivity (Wildman–Crippen MR) is 120 cm³/mol. The number of ether oxygens (including phenoxy) is 1. The van der Waals surface area contributed by atoms with E-state index in [9.17, 15) is 5.11 Å². The van der Waals surface area contributed by atoms with Gasteiger partial charge in [0.15, 0.2) is 5.96 Å². The van der Waals surface area contributed by atoms with Crippen LogP contribution in [0.4, 0.5) is 0 Å². The lowest BCUT2D eigenvalue weighted by molar-refractivity contribution is 0.0315. The second kappa shape index (κ2) is 11.8. The van der Waals surface area contributed by atoms with E-state index < -0.39 is 0 Å². The minimum Gasteiger partial charge on any atom is -0.392 e. The first-order chi connectivity index (χ1) is 12.8. The normalized spacial score (nSPS) is 21.2. The maximum Gasteiger partial charge on any atom is 0.194 e. The third-order valence-corrected chi connectivity index (χ3v) is 5.23. The van der Waals surface area contributed by atoms with E-state index in [1.165, 1.54) is 6.42 Å². The molecule has 2 N–H and O–H groups in total. The van der Waals surface area contributed by atoms with Crippen LogP contribution in [-0.2, 0) is 17.9 Å². The van der Waals surface area contributed by atoms with Crippen molar-refractivity contribution in [2.45, 2.75) is 26.5 Å². The summed E-state index contributed by atoms with van der Waals surface area (Å²) < 4.78 is 5.45. The van der Waals surface area contributed by atoms with Crippen molar-refractivity contribution < 1.29 is 9.84 Å². The minimum atomic E-state index is 0. The maximum absolute atomic E-state index is 9.50. The van der Waals surface area contributed by atoms with Crippen LogP contribution in [0.5, 0.6) is 0 Å². The fourth-order valence-electron chi connectivity index (χ4n) is 3.77. The van der Waals surface area contributed by atoms with Crippen LogP contribution in [0.2, 0.25) is 0 Å². The number of hydrogen-bond donors (Lipinski definition) is 2. The molecule has 2 fully saturated rings. The second-order valence-electron chi connectivity index (χ2n) is 7.11. The van der Waals surface area contributed by atoms with E-state index in [-0.39, 0.29) is 30.6 Å². The van der Waals surface area contributed by atoms with Gasteiger partial charge >= 0.3 is 0 Å². The zero-order valence-electron chi connectivity index (χ0n) is 16.3. The SMILES string of the molecule is CCNC(=NCc1ccccc1CO)N1CCC(CN2CCOCC2)C1.I. The van der Waals surface area contributed by atoms with Gasteiger partial charge in [0.25, 0.3) is 0 Å². The third-order valence-electron chi connectivity index (χ3n) is 5.23. The molecule has 2 aliphatic heterocycles. The van der Waals surface area contributed by atoms with Gasteiger partial charge in [-0.2, -0.15) is 0 Å². The number of likely N-dealkylation sites (tertiary alicyclic amines) is 1. The first kappa shape index (κ1) is 22.4. The van der Waals surface area contributed by atoms with Crippen LogP contribution >= 0.6 is 24.0 Å². The van der Waals surface area contributed by atoms with Crippen molar-refractivity contribution >= 4 is 29.9 Å². The summed E-state index contributed by atoms with van der Waals surface area (Å²) in [5.74, 6) is 1.69. The number of guanidine groups is 1. The van der Waals surface area contributed by atoms with E-state index in [2.05, 4.69) is 22.0 Å². The smallest absolute Gasteiger partial charge is 0.194 e. The summed E-state index contributed by atoms with van der Waals surface area (Å²) in [4.78, 5) is 9.75. The fraction of sp³-hybridized carbons (Fsp3) is 0.650. The van der Waals surface area contributed by atoms with Crippen molar-refractivity contribution in [3.63, 3.8) is 0 Å². The Morgan fingerprint density at radius 1 is 1.22 bits per heavy atom. The van der Waals surface area contributed by atoms with E-state index in [1.54, 1.807) is 0 Å². The monoisotopic (exact) mass is 488 g/mol. The number of aliphatic imine (C=N–C) groups is 1. The van der Waals surface area contributed by atoms with Crippen LogP contribution in [0, 0.1) is 5.92 Å². The lowest BCUT2D eigenvalue weighted by atomic mass is 10.1. The Kier molecular flexibility index (Phi) is 9.81. The Balaban J connectivity index is 0.00000261. The van der Waals surface area contributed by atoms with Crippen LogP contribution in [0.3, 0.4) is 0 Å². The number of nitrogens with one attached hydrogen (secondary N) is 1. The molecule has 0 bridgehead atoms. The van der Waals surface area contributed by atoms with Gasteiger partial charge in [-0.3, -0.25) is 4.90 Å². The predicted octanol–water partition coefficient (Wildman–Crippen LogP) is 1.92. The standard InChI is InChI=1S/C20H32N4O2.HI/c1-2-21-20(22-13-18-5-3-4-6-19(18)16-25)24-8-7-17(15-24)14-23-9-11-26-12-10-23;/h3-6,17,25H,2,7-16H2,1H3,(H,21,22);1H. The number of morpholine rings is 1. The number of rotatable bonds is 6. The summed E-state index contributed by atoms with van der Waals surface area (Å²) in [6.07, 6.45) is 1.22. The molecule has 1 atom stereocenters. The molecule has 3 rings (SSSR count). The maximum atomic E-state index is 9.50. The number of aliphatic hydroxyl groups excluding tert-OH is 1. The van der Waals surface area contributed by atoms with E-state index in [4.69, 9.17) is 9.73 Å². The zero-order valence-corrected chi connectivity index (χ0v) is 18.6. The number of hydrogen-bond acceptors (Lipinski definition) is 4. The van der Waals surface area contributed by atoms with Crippen LogP contribution in [0.25, 0.3) is 0 Å². The van der Waals surface area contributed by atoms with Gasteiger partial charge in [-0.15, -0.1) is 24.0 Å². The molecule has 0 amide bonds. The molecule has 27 heavy (non-hydrogen) atoms. The molecule has 0 saturated carbocycles. The highest BCUT2D eigenvalue weighted by Crippen LogP contribution is 2.19. The molecule has 2 saturated heterocycles. The molecule has 2 heterocycles. The van der Waals surface area contributed by atoms with Gasteiger partial charge in [0.1, 0.15) is 0 Å². The van der Waals surface area contributed by atoms with Crippen molar-refractivity contribution in [3.05, 3.63) is 35.4 Å². The Bertz CT molecular complexity index is 593. The number of halogens is 1. The van der Waals surface area contributed by atoms with Gasteiger partial charge in [0.2, 0.25) is 0 Å². The second-order valence-corrected chi connectivity index (χ2v) is 7.11. The molecule has 1 unspecified atom stereocenters. The lowest BCUT2D eigenvalue weighted by Crippen LogP contribution is -2.42. The van der Waals surface area contributed by atoms with Crippen molar-refractivity contribution in [1.82, 2.24) is 15.1 Å². The van der Waals surface area contributed by atoms with Gasteiger partial charge in [0.05, 0.1) is 26.4 Å². The molecule has 1 aromatic rings. The fourth-order valence-corrected chi connectivity index (χ4v) is 3.77. The van der Waals surface area contributed by atoms with Crippen LogP contribution in [0.15, 0.2) is 29.3 Å². The Morgan fingerprint density at radius 3 is 2.67 bits per heavy atom. The van der Waals surface area contributed by atoms with E-state index in [1.807, 2.05) is 24.3 Å². The topological polar surface area (TPSA) is 60.3 Å². The number of aliphatic hydroxyl groups is 1. The first-order valence-electron chi connectivity index (χ1n) is 9.81. The first-order valence-corrected chi connectivity index (χ1v) is 9.81. The van der Waals surface area contributed by atoms with Crippen molar-refractivity contribution in [2.75, 3.05) is 52.5 Å². The molecule has 0 aromatic heterocycles. The quantitative estimate of drug-likeness (QED) is 0.364. The van der Waals surface area contributed by atoms with Crippen molar-refractivity contribution in [3.8, 4) is 0 Å². The molecule has 152 valence electrons. The number of nitrogens with zero attached hydrogens (tertiary/aromatic N) is 3. The summed E-state index contributed by atoms with van der Waals surface area (Å²) in [5, 5.41) is 12.9. The molecule has 6 nitrogen and oxygen atoms in total. The van der Waals surface area contributed by atoms with Crippen LogP contribution in [0.1, 0.15) is 24.5 Å². The summed E-state index contributed by atoms with van der Waals surface area (Å²) in [7, 11) is 0. The molecule has 7 heteroatoms. The highest BCUT2D eigenvalue weighted by molar-refractivity contribution is 14.0. The molecule has 1 aromatic carbocycles. The number of benzene rings is 1. The minimum absolute atomic E-state index is 0. The van der Waals surface area contributed by atoms with Gasteiger partial charge in [-0.05, 0) is 30.4 Å².